The van der Waals surface area contributed by atoms with Crippen LogP contribution in [0, 0.1) is 12.7 Å². The Kier molecular flexibility index (Phi) is 3.72. The number of nitrogens with one attached hydrogen (secondary N) is 2. The van der Waals surface area contributed by atoms with Gasteiger partial charge in [0.05, 0.1) is 18.7 Å². The van der Waals surface area contributed by atoms with Crippen LogP contribution in [0.3, 0.4) is 0 Å². The van der Waals surface area contributed by atoms with E-state index in [1.165, 1.54) is 12.1 Å². The number of nitrogens with zero attached hydrogens (tertiary/aromatic N) is 1. The third-order valence-electron chi connectivity index (χ3n) is 2.69. The normalized spacial score (nSPS) is 10.3. The Bertz CT molecular complexity index is 537. The number of carbonyl (C=O) groups is 1. The maximum atomic E-state index is 12.9. The number of amides is 1. The van der Waals surface area contributed by atoms with Gasteiger partial charge in [0, 0.05) is 6.20 Å². The standard InChI is InChI=1S/C13H14FN3O/c1-9-6-11(14)3-2-10(9)7-13(18)15-8-12-4-5-16-17-12/h2-6H,7-8H2,1H3,(H,15,18)(H,16,17). The minimum atomic E-state index is -0.283. The Morgan fingerprint density at radius 3 is 2.94 bits per heavy atom. The van der Waals surface area contributed by atoms with E-state index in [1.54, 1.807) is 25.3 Å². The molecule has 5 heteroatoms. The molecule has 0 atom stereocenters. The Hall–Kier alpha value is -2.17. The summed E-state index contributed by atoms with van der Waals surface area (Å²) in [6.07, 6.45) is 1.88. The summed E-state index contributed by atoms with van der Waals surface area (Å²) in [4.78, 5) is 11.7. The summed E-state index contributed by atoms with van der Waals surface area (Å²) >= 11 is 0. The number of rotatable bonds is 4. The highest BCUT2D eigenvalue weighted by Crippen LogP contribution is 2.10. The summed E-state index contributed by atoms with van der Waals surface area (Å²) in [5, 5.41) is 9.32. The largest absolute Gasteiger partial charge is 0.350 e. The first kappa shape index (κ1) is 12.3. The minimum Gasteiger partial charge on any atom is -0.350 e. The van der Waals surface area contributed by atoms with Crippen LogP contribution in [-0.2, 0) is 17.8 Å². The SMILES string of the molecule is Cc1cc(F)ccc1CC(=O)NCc1ccn[nH]1. The molecule has 1 aromatic heterocycles. The predicted octanol–water partition coefficient (Wildman–Crippen LogP) is 1.72. The second-order valence-electron chi connectivity index (χ2n) is 4.11. The third kappa shape index (κ3) is 3.16. The van der Waals surface area contributed by atoms with E-state index in [2.05, 4.69) is 15.5 Å². The number of hydrogen-bond donors (Lipinski definition) is 2. The van der Waals surface area contributed by atoms with E-state index < -0.39 is 0 Å². The summed E-state index contributed by atoms with van der Waals surface area (Å²) in [5.74, 6) is -0.381. The molecule has 0 unspecified atom stereocenters. The summed E-state index contributed by atoms with van der Waals surface area (Å²) in [6, 6.07) is 6.23. The summed E-state index contributed by atoms with van der Waals surface area (Å²) < 4.78 is 12.9. The van der Waals surface area contributed by atoms with Gasteiger partial charge in [0.1, 0.15) is 5.82 Å². The Morgan fingerprint density at radius 2 is 2.28 bits per heavy atom. The molecule has 0 aliphatic rings. The van der Waals surface area contributed by atoms with Crippen LogP contribution in [0.4, 0.5) is 4.39 Å². The van der Waals surface area contributed by atoms with Gasteiger partial charge < -0.3 is 5.32 Å². The van der Waals surface area contributed by atoms with Crippen molar-refractivity contribution in [1.82, 2.24) is 15.5 Å². The highest BCUT2D eigenvalue weighted by molar-refractivity contribution is 5.78. The summed E-state index contributed by atoms with van der Waals surface area (Å²) in [5.41, 5.74) is 2.46. The first-order valence-electron chi connectivity index (χ1n) is 5.65. The van der Waals surface area contributed by atoms with Crippen LogP contribution in [0.25, 0.3) is 0 Å². The maximum Gasteiger partial charge on any atom is 0.224 e. The summed E-state index contributed by atoms with van der Waals surface area (Å²) in [6.45, 7) is 2.21. The van der Waals surface area contributed by atoms with Crippen molar-refractivity contribution < 1.29 is 9.18 Å². The van der Waals surface area contributed by atoms with Gasteiger partial charge in [0.25, 0.3) is 0 Å². The van der Waals surface area contributed by atoms with Crippen molar-refractivity contribution in [2.24, 2.45) is 0 Å². The van der Waals surface area contributed by atoms with Crippen molar-refractivity contribution in [1.29, 1.82) is 0 Å². The van der Waals surface area contributed by atoms with Gasteiger partial charge in [-0.05, 0) is 36.2 Å². The van der Waals surface area contributed by atoms with Gasteiger partial charge in [-0.2, -0.15) is 5.10 Å². The van der Waals surface area contributed by atoms with Crippen LogP contribution in [0.1, 0.15) is 16.8 Å². The quantitative estimate of drug-likeness (QED) is 0.864. The monoisotopic (exact) mass is 247 g/mol. The summed E-state index contributed by atoms with van der Waals surface area (Å²) in [7, 11) is 0. The average molecular weight is 247 g/mol. The first-order chi connectivity index (χ1) is 8.65. The molecule has 1 heterocycles. The molecule has 1 aromatic carbocycles. The van der Waals surface area contributed by atoms with Gasteiger partial charge >= 0.3 is 0 Å². The zero-order chi connectivity index (χ0) is 13.0. The molecular formula is C13H14FN3O. The van der Waals surface area contributed by atoms with Gasteiger partial charge in [-0.1, -0.05) is 6.07 Å². The van der Waals surface area contributed by atoms with E-state index in [-0.39, 0.29) is 18.1 Å². The van der Waals surface area contributed by atoms with Crippen molar-refractivity contribution in [2.45, 2.75) is 19.9 Å². The number of benzene rings is 1. The smallest absolute Gasteiger partial charge is 0.224 e. The molecule has 94 valence electrons. The van der Waals surface area contributed by atoms with Crippen LogP contribution in [0.5, 0.6) is 0 Å². The third-order valence-corrected chi connectivity index (χ3v) is 2.69. The number of aryl methyl sites for hydroxylation is 1. The zero-order valence-corrected chi connectivity index (χ0v) is 10.0. The zero-order valence-electron chi connectivity index (χ0n) is 10.0. The van der Waals surface area contributed by atoms with Crippen molar-refractivity contribution >= 4 is 5.91 Å². The van der Waals surface area contributed by atoms with Crippen LogP contribution in [-0.4, -0.2) is 16.1 Å². The van der Waals surface area contributed by atoms with Crippen LogP contribution < -0.4 is 5.32 Å². The Morgan fingerprint density at radius 1 is 1.44 bits per heavy atom. The molecule has 0 bridgehead atoms. The van der Waals surface area contributed by atoms with Crippen LogP contribution in [0.2, 0.25) is 0 Å². The molecule has 18 heavy (non-hydrogen) atoms. The van der Waals surface area contributed by atoms with Crippen molar-refractivity contribution in [2.75, 3.05) is 0 Å². The van der Waals surface area contributed by atoms with Gasteiger partial charge in [-0.25, -0.2) is 4.39 Å². The van der Waals surface area contributed by atoms with Crippen molar-refractivity contribution in [3.8, 4) is 0 Å². The lowest BCUT2D eigenvalue weighted by Crippen LogP contribution is -2.25. The molecule has 0 radical (unpaired) electrons. The minimum absolute atomic E-state index is 0.0979. The number of hydrogen-bond acceptors (Lipinski definition) is 2. The molecular weight excluding hydrogens is 233 g/mol. The second kappa shape index (κ2) is 5.44. The van der Waals surface area contributed by atoms with Crippen LogP contribution >= 0.6 is 0 Å². The highest BCUT2D eigenvalue weighted by atomic mass is 19.1. The van der Waals surface area contributed by atoms with E-state index in [1.807, 2.05) is 0 Å². The van der Waals surface area contributed by atoms with E-state index in [0.717, 1.165) is 16.8 Å². The molecule has 1 amide bonds. The van der Waals surface area contributed by atoms with E-state index >= 15 is 0 Å². The number of aromatic amines is 1. The first-order valence-corrected chi connectivity index (χ1v) is 5.65. The molecule has 0 saturated carbocycles. The van der Waals surface area contributed by atoms with E-state index in [4.69, 9.17) is 0 Å². The van der Waals surface area contributed by atoms with Gasteiger partial charge in [0.15, 0.2) is 0 Å². The lowest BCUT2D eigenvalue weighted by Gasteiger charge is -2.06. The lowest BCUT2D eigenvalue weighted by atomic mass is 10.1. The lowest BCUT2D eigenvalue weighted by molar-refractivity contribution is -0.120. The predicted molar refractivity (Wildman–Crippen MR) is 65.3 cm³/mol. The van der Waals surface area contributed by atoms with Gasteiger partial charge in [-0.15, -0.1) is 0 Å². The second-order valence-corrected chi connectivity index (χ2v) is 4.11. The van der Waals surface area contributed by atoms with E-state index in [9.17, 15) is 9.18 Å². The van der Waals surface area contributed by atoms with Crippen LogP contribution in [0.15, 0.2) is 30.5 Å². The number of aromatic nitrogens is 2. The number of carbonyl (C=O) groups excluding carboxylic acids is 1. The molecule has 4 nitrogen and oxygen atoms in total. The molecule has 2 N–H and O–H groups in total. The molecule has 2 aromatic rings. The molecule has 2 rings (SSSR count). The topological polar surface area (TPSA) is 57.8 Å². The number of halogens is 1. The fourth-order valence-electron chi connectivity index (χ4n) is 1.67. The average Bonchev–Trinajstić information content (AvgIpc) is 2.83. The molecule has 0 fully saturated rings. The van der Waals surface area contributed by atoms with Gasteiger partial charge in [-0.3, -0.25) is 9.89 Å². The Labute approximate surface area is 104 Å². The van der Waals surface area contributed by atoms with Gasteiger partial charge in [0.2, 0.25) is 5.91 Å². The molecule has 0 aliphatic carbocycles. The highest BCUT2D eigenvalue weighted by Gasteiger charge is 2.06. The molecule has 0 saturated heterocycles. The number of H-pyrrole nitrogens is 1. The van der Waals surface area contributed by atoms with Crippen molar-refractivity contribution in [3.63, 3.8) is 0 Å². The Balaban J connectivity index is 1.91. The molecule has 0 spiro atoms. The molecule has 0 aliphatic heterocycles. The van der Waals surface area contributed by atoms with E-state index in [0.29, 0.717) is 6.54 Å². The fraction of sp³-hybridized carbons (Fsp3) is 0.231. The maximum absolute atomic E-state index is 12.9. The fourth-order valence-corrected chi connectivity index (χ4v) is 1.67. The van der Waals surface area contributed by atoms with Crippen molar-refractivity contribution in [3.05, 3.63) is 53.1 Å².